The maximum Gasteiger partial charge on any atom is 0.219 e. The molecule has 0 aliphatic rings. The Morgan fingerprint density at radius 2 is 2.15 bits per heavy atom. The minimum Gasteiger partial charge on any atom is -0.436 e. The Morgan fingerprint density at radius 3 is 2.80 bits per heavy atom. The number of rotatable bonds is 7. The molecule has 0 spiro atoms. The predicted molar refractivity (Wildman–Crippen MR) is 79.0 cm³/mol. The van der Waals surface area contributed by atoms with Crippen LogP contribution in [-0.2, 0) is 19.5 Å². The molecular formula is C15H22N4O. The van der Waals surface area contributed by atoms with E-state index in [-0.39, 0.29) is 0 Å². The monoisotopic (exact) mass is 274 g/mol. The first-order valence-corrected chi connectivity index (χ1v) is 7.10. The first-order valence-electron chi connectivity index (χ1n) is 7.10. The number of aryl methyl sites for hydroxylation is 2. The number of aromatic nitrogens is 3. The summed E-state index contributed by atoms with van der Waals surface area (Å²) in [5.74, 6) is 1.36. The SMILES string of the molecule is CCCc1cc(CNC)cc(Oc2cnn(CC)c2)n1. The van der Waals surface area contributed by atoms with Gasteiger partial charge < -0.3 is 10.1 Å². The van der Waals surface area contributed by atoms with Gasteiger partial charge in [-0.1, -0.05) is 13.3 Å². The van der Waals surface area contributed by atoms with E-state index >= 15 is 0 Å². The van der Waals surface area contributed by atoms with Crippen molar-refractivity contribution in [1.82, 2.24) is 20.1 Å². The van der Waals surface area contributed by atoms with Crippen molar-refractivity contribution >= 4 is 0 Å². The van der Waals surface area contributed by atoms with Crippen LogP contribution in [0.15, 0.2) is 24.5 Å². The van der Waals surface area contributed by atoms with Gasteiger partial charge in [0.2, 0.25) is 5.88 Å². The molecule has 0 saturated heterocycles. The molecule has 2 heterocycles. The van der Waals surface area contributed by atoms with Gasteiger partial charge in [-0.15, -0.1) is 0 Å². The Labute approximate surface area is 120 Å². The summed E-state index contributed by atoms with van der Waals surface area (Å²) in [4.78, 5) is 4.55. The quantitative estimate of drug-likeness (QED) is 0.843. The zero-order valence-corrected chi connectivity index (χ0v) is 12.4. The predicted octanol–water partition coefficient (Wildman–Crippen LogP) is 2.76. The first kappa shape index (κ1) is 14.5. The Morgan fingerprint density at radius 1 is 1.30 bits per heavy atom. The molecule has 0 saturated carbocycles. The second kappa shape index (κ2) is 7.05. The highest BCUT2D eigenvalue weighted by Gasteiger charge is 2.06. The molecule has 1 N–H and O–H groups in total. The van der Waals surface area contributed by atoms with Crippen molar-refractivity contribution in [3.8, 4) is 11.6 Å². The third-order valence-electron chi connectivity index (χ3n) is 2.96. The number of nitrogens with one attached hydrogen (secondary N) is 1. The second-order valence-electron chi connectivity index (χ2n) is 4.72. The van der Waals surface area contributed by atoms with Crippen LogP contribution in [0.2, 0.25) is 0 Å². The molecule has 2 rings (SSSR count). The molecule has 0 atom stereocenters. The van der Waals surface area contributed by atoms with Crippen LogP contribution in [-0.4, -0.2) is 21.8 Å². The van der Waals surface area contributed by atoms with Crippen LogP contribution in [0.25, 0.3) is 0 Å². The Bertz CT molecular complexity index is 526. The lowest BCUT2D eigenvalue weighted by Gasteiger charge is -2.08. The molecule has 0 aromatic carbocycles. The lowest BCUT2D eigenvalue weighted by molar-refractivity contribution is 0.458. The maximum atomic E-state index is 5.81. The van der Waals surface area contributed by atoms with Crippen molar-refractivity contribution in [2.24, 2.45) is 0 Å². The highest BCUT2D eigenvalue weighted by atomic mass is 16.5. The van der Waals surface area contributed by atoms with E-state index in [9.17, 15) is 0 Å². The Balaban J connectivity index is 2.20. The third kappa shape index (κ3) is 3.81. The summed E-state index contributed by atoms with van der Waals surface area (Å²) < 4.78 is 7.65. The van der Waals surface area contributed by atoms with Gasteiger partial charge in [-0.25, -0.2) is 4.98 Å². The number of nitrogens with zero attached hydrogens (tertiary/aromatic N) is 3. The first-order chi connectivity index (χ1) is 9.75. The summed E-state index contributed by atoms with van der Waals surface area (Å²) in [5.41, 5.74) is 2.25. The fraction of sp³-hybridized carbons (Fsp3) is 0.467. The number of hydrogen-bond acceptors (Lipinski definition) is 4. The molecule has 5 heteroatoms. The number of hydrogen-bond donors (Lipinski definition) is 1. The van der Waals surface area contributed by atoms with Crippen molar-refractivity contribution < 1.29 is 4.74 Å². The van der Waals surface area contributed by atoms with E-state index < -0.39 is 0 Å². The summed E-state index contributed by atoms with van der Waals surface area (Å²) in [6, 6.07) is 4.10. The molecular weight excluding hydrogens is 252 g/mol. The topological polar surface area (TPSA) is 52.0 Å². The van der Waals surface area contributed by atoms with Gasteiger partial charge in [0.25, 0.3) is 0 Å². The van der Waals surface area contributed by atoms with Gasteiger partial charge >= 0.3 is 0 Å². The van der Waals surface area contributed by atoms with E-state index in [0.29, 0.717) is 5.88 Å². The average molecular weight is 274 g/mol. The maximum absolute atomic E-state index is 5.81. The minimum atomic E-state index is 0.636. The van der Waals surface area contributed by atoms with Crippen LogP contribution in [0, 0.1) is 0 Å². The van der Waals surface area contributed by atoms with Crippen LogP contribution in [0.4, 0.5) is 0 Å². The highest BCUT2D eigenvalue weighted by molar-refractivity contribution is 5.29. The van der Waals surface area contributed by atoms with Crippen molar-refractivity contribution in [3.05, 3.63) is 35.8 Å². The standard InChI is InChI=1S/C15H22N4O/c1-4-6-13-7-12(9-16-3)8-15(18-13)20-14-10-17-19(5-2)11-14/h7-8,10-11,16H,4-6,9H2,1-3H3. The van der Waals surface area contributed by atoms with Gasteiger partial charge in [0.05, 0.1) is 12.4 Å². The highest BCUT2D eigenvalue weighted by Crippen LogP contribution is 2.21. The fourth-order valence-corrected chi connectivity index (χ4v) is 2.05. The lowest BCUT2D eigenvalue weighted by atomic mass is 10.1. The summed E-state index contributed by atoms with van der Waals surface area (Å²) in [5, 5.41) is 7.36. The van der Waals surface area contributed by atoms with E-state index in [4.69, 9.17) is 4.74 Å². The zero-order valence-electron chi connectivity index (χ0n) is 12.4. The van der Waals surface area contributed by atoms with Crippen molar-refractivity contribution in [3.63, 3.8) is 0 Å². The molecule has 0 unspecified atom stereocenters. The minimum absolute atomic E-state index is 0.636. The second-order valence-corrected chi connectivity index (χ2v) is 4.72. The van der Waals surface area contributed by atoms with Gasteiger partial charge in [0.1, 0.15) is 0 Å². The van der Waals surface area contributed by atoms with Gasteiger partial charge in [0, 0.05) is 24.8 Å². The molecule has 0 bridgehead atoms. The van der Waals surface area contributed by atoms with Crippen molar-refractivity contribution in [1.29, 1.82) is 0 Å². The van der Waals surface area contributed by atoms with E-state index in [2.05, 4.69) is 28.4 Å². The Kier molecular flexibility index (Phi) is 5.12. The summed E-state index contributed by atoms with van der Waals surface area (Å²) in [6.07, 6.45) is 5.63. The molecule has 0 fully saturated rings. The van der Waals surface area contributed by atoms with Crippen LogP contribution in [0.1, 0.15) is 31.5 Å². The third-order valence-corrected chi connectivity index (χ3v) is 2.96. The number of ether oxygens (including phenoxy) is 1. The largest absolute Gasteiger partial charge is 0.436 e. The normalized spacial score (nSPS) is 10.8. The van der Waals surface area contributed by atoms with Gasteiger partial charge in [-0.3, -0.25) is 4.68 Å². The lowest BCUT2D eigenvalue weighted by Crippen LogP contribution is -2.06. The van der Waals surface area contributed by atoms with Crippen LogP contribution in [0.3, 0.4) is 0 Å². The molecule has 108 valence electrons. The summed E-state index contributed by atoms with van der Waals surface area (Å²) in [7, 11) is 1.94. The smallest absolute Gasteiger partial charge is 0.219 e. The molecule has 0 amide bonds. The molecule has 0 aliphatic heterocycles. The van der Waals surface area contributed by atoms with Gasteiger partial charge in [-0.05, 0) is 32.0 Å². The van der Waals surface area contributed by atoms with Gasteiger partial charge in [0.15, 0.2) is 5.75 Å². The van der Waals surface area contributed by atoms with Crippen LogP contribution < -0.4 is 10.1 Å². The molecule has 0 aliphatic carbocycles. The molecule has 2 aromatic rings. The Hall–Kier alpha value is -1.88. The average Bonchev–Trinajstić information content (AvgIpc) is 2.87. The van der Waals surface area contributed by atoms with E-state index in [1.54, 1.807) is 6.20 Å². The summed E-state index contributed by atoms with van der Waals surface area (Å²) >= 11 is 0. The van der Waals surface area contributed by atoms with Crippen molar-refractivity contribution in [2.45, 2.75) is 39.8 Å². The van der Waals surface area contributed by atoms with E-state index in [0.717, 1.165) is 37.4 Å². The molecule has 0 radical (unpaired) electrons. The molecule has 20 heavy (non-hydrogen) atoms. The molecule has 2 aromatic heterocycles. The van der Waals surface area contributed by atoms with E-state index in [1.165, 1.54) is 5.56 Å². The number of pyridine rings is 1. The van der Waals surface area contributed by atoms with Crippen molar-refractivity contribution in [2.75, 3.05) is 7.05 Å². The van der Waals surface area contributed by atoms with Gasteiger partial charge in [-0.2, -0.15) is 5.10 Å². The molecule has 5 nitrogen and oxygen atoms in total. The fourth-order valence-electron chi connectivity index (χ4n) is 2.05. The van der Waals surface area contributed by atoms with E-state index in [1.807, 2.05) is 30.9 Å². The summed E-state index contributed by atoms with van der Waals surface area (Å²) in [6.45, 7) is 5.83. The van der Waals surface area contributed by atoms with Crippen LogP contribution in [0.5, 0.6) is 11.6 Å². The zero-order chi connectivity index (χ0) is 14.4. The van der Waals surface area contributed by atoms with Crippen LogP contribution >= 0.6 is 0 Å².